The summed E-state index contributed by atoms with van der Waals surface area (Å²) in [7, 11) is -2.06. The van der Waals surface area contributed by atoms with Crippen LogP contribution in [0, 0.1) is 0 Å². The van der Waals surface area contributed by atoms with Crippen molar-refractivity contribution in [3.05, 3.63) is 47.4 Å². The average molecular weight is 371 g/mol. The molecule has 8 heteroatoms. The van der Waals surface area contributed by atoms with Gasteiger partial charge in [-0.25, -0.2) is 8.42 Å². The van der Waals surface area contributed by atoms with Crippen molar-refractivity contribution in [3.63, 3.8) is 0 Å². The van der Waals surface area contributed by atoms with Crippen LogP contribution in [0.25, 0.3) is 0 Å². The zero-order valence-electron chi connectivity index (χ0n) is 13.3. The molecule has 0 amide bonds. The van der Waals surface area contributed by atoms with Crippen molar-refractivity contribution in [1.29, 1.82) is 0 Å². The quantitative estimate of drug-likeness (QED) is 0.809. The first-order valence-electron chi connectivity index (χ1n) is 7.59. The summed E-state index contributed by atoms with van der Waals surface area (Å²) in [4.78, 5) is 2.36. The Morgan fingerprint density at radius 3 is 2.54 bits per heavy atom. The molecule has 1 aromatic heterocycles. The molecule has 130 valence electrons. The topological polar surface area (TPSA) is 63.0 Å². The van der Waals surface area contributed by atoms with Gasteiger partial charge in [-0.05, 0) is 30.3 Å². The van der Waals surface area contributed by atoms with E-state index in [2.05, 4.69) is 4.90 Å². The second-order valence-corrected chi connectivity index (χ2v) is 7.90. The van der Waals surface area contributed by atoms with Crippen LogP contribution in [0.1, 0.15) is 5.76 Å². The zero-order chi connectivity index (χ0) is 17.2. The van der Waals surface area contributed by atoms with Crippen molar-refractivity contribution in [2.24, 2.45) is 0 Å². The molecule has 0 aliphatic carbocycles. The molecule has 1 saturated heterocycles. The fourth-order valence-electron chi connectivity index (χ4n) is 2.71. The third kappa shape index (κ3) is 3.59. The molecular formula is C16H19ClN2O4S. The van der Waals surface area contributed by atoms with E-state index in [1.807, 2.05) is 12.1 Å². The molecule has 2 heterocycles. The number of piperazine rings is 1. The van der Waals surface area contributed by atoms with Crippen LogP contribution in [0.3, 0.4) is 0 Å². The molecule has 2 aromatic rings. The van der Waals surface area contributed by atoms with Gasteiger partial charge in [0.25, 0.3) is 0 Å². The van der Waals surface area contributed by atoms with Crippen molar-refractivity contribution >= 4 is 21.6 Å². The highest BCUT2D eigenvalue weighted by molar-refractivity contribution is 7.89. The van der Waals surface area contributed by atoms with Gasteiger partial charge in [-0.1, -0.05) is 11.6 Å². The summed E-state index contributed by atoms with van der Waals surface area (Å²) in [5.41, 5.74) is 0. The molecule has 6 nitrogen and oxygen atoms in total. The summed E-state index contributed by atoms with van der Waals surface area (Å²) in [6.07, 6.45) is 1.64. The second kappa shape index (κ2) is 7.14. The van der Waals surface area contributed by atoms with Gasteiger partial charge in [0.05, 0.1) is 29.8 Å². The standard InChI is InChI=1S/C16H19ClN2O4S/c1-22-16-5-4-14(11-15(16)17)24(20,21)19-8-6-18(7-9-19)12-13-3-2-10-23-13/h2-5,10-11H,6-9,12H2,1H3. The summed E-state index contributed by atoms with van der Waals surface area (Å²) < 4.78 is 37.4. The fourth-order valence-corrected chi connectivity index (χ4v) is 4.48. The number of methoxy groups -OCH3 is 1. The minimum absolute atomic E-state index is 0.188. The number of hydrogen-bond donors (Lipinski definition) is 0. The Hall–Kier alpha value is -1.54. The fraction of sp³-hybridized carbons (Fsp3) is 0.375. The average Bonchev–Trinajstić information content (AvgIpc) is 3.08. The summed E-state index contributed by atoms with van der Waals surface area (Å²) in [6.45, 7) is 2.88. The van der Waals surface area contributed by atoms with E-state index in [1.54, 1.807) is 12.3 Å². The molecule has 0 spiro atoms. The van der Waals surface area contributed by atoms with Crippen molar-refractivity contribution in [1.82, 2.24) is 9.21 Å². The molecule has 3 rings (SSSR count). The van der Waals surface area contributed by atoms with Crippen LogP contribution in [0.5, 0.6) is 5.75 Å². The Balaban J connectivity index is 1.67. The Labute approximate surface area is 146 Å². The second-order valence-electron chi connectivity index (χ2n) is 5.56. The summed E-state index contributed by atoms with van der Waals surface area (Å²) in [5.74, 6) is 1.34. The van der Waals surface area contributed by atoms with Crippen molar-refractivity contribution in [3.8, 4) is 5.75 Å². The van der Waals surface area contributed by atoms with E-state index in [9.17, 15) is 8.42 Å². The van der Waals surface area contributed by atoms with Gasteiger partial charge < -0.3 is 9.15 Å². The van der Waals surface area contributed by atoms with Crippen molar-refractivity contribution in [2.75, 3.05) is 33.3 Å². The van der Waals surface area contributed by atoms with Crippen LogP contribution >= 0.6 is 11.6 Å². The maximum atomic E-state index is 12.8. The lowest BCUT2D eigenvalue weighted by Crippen LogP contribution is -2.48. The molecule has 24 heavy (non-hydrogen) atoms. The predicted octanol–water partition coefficient (Wildman–Crippen LogP) is 2.45. The molecule has 0 unspecified atom stereocenters. The monoisotopic (exact) mass is 370 g/mol. The van der Waals surface area contributed by atoms with E-state index >= 15 is 0 Å². The van der Waals surface area contributed by atoms with Gasteiger partial charge >= 0.3 is 0 Å². The molecule has 1 aromatic carbocycles. The maximum absolute atomic E-state index is 12.8. The molecular weight excluding hydrogens is 352 g/mol. The van der Waals surface area contributed by atoms with E-state index in [-0.39, 0.29) is 9.92 Å². The normalized spacial score (nSPS) is 17.1. The molecule has 0 saturated carbocycles. The highest BCUT2D eigenvalue weighted by Gasteiger charge is 2.29. The van der Waals surface area contributed by atoms with Crippen LogP contribution in [0.2, 0.25) is 5.02 Å². The lowest BCUT2D eigenvalue weighted by Gasteiger charge is -2.33. The lowest BCUT2D eigenvalue weighted by atomic mass is 10.3. The molecule has 0 N–H and O–H groups in total. The molecule has 0 radical (unpaired) electrons. The Morgan fingerprint density at radius 2 is 1.96 bits per heavy atom. The minimum atomic E-state index is -3.55. The lowest BCUT2D eigenvalue weighted by molar-refractivity contribution is 0.171. The Morgan fingerprint density at radius 1 is 1.21 bits per heavy atom. The summed E-state index contributed by atoms with van der Waals surface area (Å²) in [5, 5.41) is 0.287. The van der Waals surface area contributed by atoms with Crippen LogP contribution in [0.15, 0.2) is 45.9 Å². The van der Waals surface area contributed by atoms with Crippen molar-refractivity contribution in [2.45, 2.75) is 11.4 Å². The maximum Gasteiger partial charge on any atom is 0.243 e. The third-order valence-electron chi connectivity index (χ3n) is 4.05. The van der Waals surface area contributed by atoms with E-state index in [4.69, 9.17) is 20.8 Å². The van der Waals surface area contributed by atoms with Gasteiger partial charge in [-0.3, -0.25) is 4.90 Å². The molecule has 0 atom stereocenters. The number of sulfonamides is 1. The molecule has 0 bridgehead atoms. The SMILES string of the molecule is COc1ccc(S(=O)(=O)N2CCN(Cc3ccco3)CC2)cc1Cl. The Bertz CT molecular complexity index is 784. The predicted molar refractivity (Wildman–Crippen MR) is 90.7 cm³/mol. The Kier molecular flexibility index (Phi) is 5.15. The van der Waals surface area contributed by atoms with Crippen LogP contribution in [-0.2, 0) is 16.6 Å². The van der Waals surface area contributed by atoms with Gasteiger partial charge in [0.2, 0.25) is 10.0 Å². The van der Waals surface area contributed by atoms with Gasteiger partial charge in [-0.15, -0.1) is 0 Å². The van der Waals surface area contributed by atoms with E-state index in [0.717, 1.165) is 5.76 Å². The van der Waals surface area contributed by atoms with Gasteiger partial charge in [-0.2, -0.15) is 4.31 Å². The first-order chi connectivity index (χ1) is 11.5. The third-order valence-corrected chi connectivity index (χ3v) is 6.24. The van der Waals surface area contributed by atoms with E-state index in [1.165, 1.54) is 23.5 Å². The first kappa shape index (κ1) is 17.3. The number of rotatable bonds is 5. The smallest absolute Gasteiger partial charge is 0.243 e. The number of ether oxygens (including phenoxy) is 1. The number of halogens is 1. The number of furan rings is 1. The first-order valence-corrected chi connectivity index (χ1v) is 9.41. The summed E-state index contributed by atoms with van der Waals surface area (Å²) >= 11 is 6.05. The number of nitrogens with zero attached hydrogens (tertiary/aromatic N) is 2. The highest BCUT2D eigenvalue weighted by atomic mass is 35.5. The van der Waals surface area contributed by atoms with Crippen LogP contribution < -0.4 is 4.74 Å². The molecule has 1 aliphatic heterocycles. The zero-order valence-corrected chi connectivity index (χ0v) is 14.9. The molecule has 1 aliphatic rings. The van der Waals surface area contributed by atoms with Gasteiger partial charge in [0, 0.05) is 26.2 Å². The largest absolute Gasteiger partial charge is 0.495 e. The van der Waals surface area contributed by atoms with E-state index in [0.29, 0.717) is 38.5 Å². The van der Waals surface area contributed by atoms with E-state index < -0.39 is 10.0 Å². The molecule has 1 fully saturated rings. The number of benzene rings is 1. The highest BCUT2D eigenvalue weighted by Crippen LogP contribution is 2.28. The van der Waals surface area contributed by atoms with Gasteiger partial charge in [0.1, 0.15) is 11.5 Å². The van der Waals surface area contributed by atoms with Gasteiger partial charge in [0.15, 0.2) is 0 Å². The summed E-state index contributed by atoms with van der Waals surface area (Å²) in [6, 6.07) is 8.30. The van der Waals surface area contributed by atoms with Crippen LogP contribution in [0.4, 0.5) is 0 Å². The van der Waals surface area contributed by atoms with Crippen LogP contribution in [-0.4, -0.2) is 50.9 Å². The minimum Gasteiger partial charge on any atom is -0.495 e. The number of hydrogen-bond acceptors (Lipinski definition) is 5. The van der Waals surface area contributed by atoms with Crippen molar-refractivity contribution < 1.29 is 17.6 Å².